The van der Waals surface area contributed by atoms with Crippen LogP contribution in [0.2, 0.25) is 0 Å². The number of likely N-dealkylation sites (N-methyl/N-ethyl adjacent to an activating group) is 1. The summed E-state index contributed by atoms with van der Waals surface area (Å²) >= 11 is 0. The van der Waals surface area contributed by atoms with Crippen LogP contribution in [0.15, 0.2) is 54.7 Å². The lowest BCUT2D eigenvalue weighted by atomic mass is 10.1. The highest BCUT2D eigenvalue weighted by molar-refractivity contribution is 5.83. The standard InChI is InChI=1S/C26H28F2N6/c1-33(14-11-18-17-29-23-8-4-3-7-20(18)23)26-31-24(30-19-9-10-21(27)22(28)15-19)16-25(32-26)34-12-5-2-6-13-34/h3-4,7-10,15-17,29H,2,5-6,11-14H2,1H3,(H,30,31,32). The Balaban J connectivity index is 1.39. The van der Waals surface area contributed by atoms with Crippen LogP contribution in [0.25, 0.3) is 10.9 Å². The van der Waals surface area contributed by atoms with Gasteiger partial charge in [0, 0.05) is 61.6 Å². The summed E-state index contributed by atoms with van der Waals surface area (Å²) in [4.78, 5) is 17.2. The van der Waals surface area contributed by atoms with Gasteiger partial charge in [0.1, 0.15) is 11.6 Å². The Kier molecular flexibility index (Phi) is 6.29. The minimum Gasteiger partial charge on any atom is -0.361 e. The van der Waals surface area contributed by atoms with Crippen molar-refractivity contribution in [3.63, 3.8) is 0 Å². The van der Waals surface area contributed by atoms with Gasteiger partial charge in [-0.2, -0.15) is 9.97 Å². The summed E-state index contributed by atoms with van der Waals surface area (Å²) < 4.78 is 27.1. The molecule has 6 nitrogen and oxygen atoms in total. The fourth-order valence-electron chi connectivity index (χ4n) is 4.39. The molecule has 34 heavy (non-hydrogen) atoms. The van der Waals surface area contributed by atoms with Gasteiger partial charge in [-0.25, -0.2) is 8.78 Å². The second-order valence-electron chi connectivity index (χ2n) is 8.74. The Morgan fingerprint density at radius 2 is 1.82 bits per heavy atom. The van der Waals surface area contributed by atoms with Crippen LogP contribution >= 0.6 is 0 Å². The second kappa shape index (κ2) is 9.67. The number of hydrogen-bond donors (Lipinski definition) is 2. The van der Waals surface area contributed by atoms with E-state index in [1.165, 1.54) is 23.4 Å². The average molecular weight is 463 g/mol. The van der Waals surface area contributed by atoms with Gasteiger partial charge >= 0.3 is 0 Å². The SMILES string of the molecule is CN(CCc1c[nH]c2ccccc12)c1nc(Nc2ccc(F)c(F)c2)cc(N2CCCCC2)n1. The first-order chi connectivity index (χ1) is 16.6. The van der Waals surface area contributed by atoms with Gasteiger partial charge in [0.25, 0.3) is 0 Å². The van der Waals surface area contributed by atoms with E-state index in [2.05, 4.69) is 33.5 Å². The summed E-state index contributed by atoms with van der Waals surface area (Å²) in [6.07, 6.45) is 6.37. The molecule has 0 spiro atoms. The molecule has 0 bridgehead atoms. The molecular formula is C26H28F2N6. The lowest BCUT2D eigenvalue weighted by Gasteiger charge is -2.29. The van der Waals surface area contributed by atoms with Crippen LogP contribution in [0.4, 0.5) is 32.1 Å². The van der Waals surface area contributed by atoms with Crippen LogP contribution in [0.3, 0.4) is 0 Å². The number of anilines is 4. The number of aromatic nitrogens is 3. The minimum atomic E-state index is -0.897. The largest absolute Gasteiger partial charge is 0.361 e. The number of rotatable bonds is 7. The van der Waals surface area contributed by atoms with Gasteiger partial charge in [-0.1, -0.05) is 18.2 Å². The van der Waals surface area contributed by atoms with E-state index in [4.69, 9.17) is 9.97 Å². The fraction of sp³-hybridized carbons (Fsp3) is 0.308. The maximum Gasteiger partial charge on any atom is 0.229 e. The molecule has 0 radical (unpaired) electrons. The third kappa shape index (κ3) is 4.81. The van der Waals surface area contributed by atoms with Gasteiger partial charge in [-0.3, -0.25) is 0 Å². The molecular weight excluding hydrogens is 434 g/mol. The number of hydrogen-bond acceptors (Lipinski definition) is 5. The topological polar surface area (TPSA) is 60.1 Å². The molecule has 1 aliphatic rings. The Morgan fingerprint density at radius 1 is 1.00 bits per heavy atom. The average Bonchev–Trinajstić information content (AvgIpc) is 3.28. The van der Waals surface area contributed by atoms with E-state index >= 15 is 0 Å². The van der Waals surface area contributed by atoms with Crippen molar-refractivity contribution in [1.82, 2.24) is 15.0 Å². The highest BCUT2D eigenvalue weighted by atomic mass is 19.2. The van der Waals surface area contributed by atoms with E-state index in [-0.39, 0.29) is 0 Å². The molecule has 176 valence electrons. The molecule has 0 saturated carbocycles. The Labute approximate surface area is 197 Å². The maximum atomic E-state index is 13.7. The zero-order chi connectivity index (χ0) is 23.5. The molecule has 0 atom stereocenters. The summed E-state index contributed by atoms with van der Waals surface area (Å²) in [5, 5.41) is 4.35. The minimum absolute atomic E-state index is 0.439. The van der Waals surface area contributed by atoms with Gasteiger partial charge in [0.2, 0.25) is 5.95 Å². The quantitative estimate of drug-likeness (QED) is 0.372. The normalized spacial score (nSPS) is 13.9. The van der Waals surface area contributed by atoms with Crippen molar-refractivity contribution in [3.8, 4) is 0 Å². The van der Waals surface area contributed by atoms with E-state index < -0.39 is 11.6 Å². The van der Waals surface area contributed by atoms with Gasteiger partial charge in [-0.15, -0.1) is 0 Å². The summed E-state index contributed by atoms with van der Waals surface area (Å²) in [6.45, 7) is 2.62. The molecule has 5 rings (SSSR count). The number of fused-ring (bicyclic) bond motifs is 1. The first-order valence-electron chi connectivity index (χ1n) is 11.7. The third-order valence-electron chi connectivity index (χ3n) is 6.31. The first kappa shape index (κ1) is 22.1. The van der Waals surface area contributed by atoms with Crippen molar-refractivity contribution in [3.05, 3.63) is 71.9 Å². The number of nitrogens with zero attached hydrogens (tertiary/aromatic N) is 4. The predicted molar refractivity (Wildman–Crippen MR) is 133 cm³/mol. The number of piperidine rings is 1. The van der Waals surface area contributed by atoms with Crippen LogP contribution in [-0.4, -0.2) is 41.6 Å². The third-order valence-corrected chi connectivity index (χ3v) is 6.31. The van der Waals surface area contributed by atoms with Crippen LogP contribution in [0, 0.1) is 11.6 Å². The van der Waals surface area contributed by atoms with Crippen molar-refractivity contribution in [1.29, 1.82) is 0 Å². The summed E-state index contributed by atoms with van der Waals surface area (Å²) in [5.41, 5.74) is 2.81. The number of nitrogens with one attached hydrogen (secondary N) is 2. The van der Waals surface area contributed by atoms with Crippen molar-refractivity contribution in [2.24, 2.45) is 0 Å². The molecule has 2 aromatic heterocycles. The van der Waals surface area contributed by atoms with Crippen molar-refractivity contribution >= 4 is 34.2 Å². The predicted octanol–water partition coefficient (Wildman–Crippen LogP) is 5.65. The van der Waals surface area contributed by atoms with Gasteiger partial charge in [-0.05, 0) is 49.4 Å². The van der Waals surface area contributed by atoms with E-state index in [1.54, 1.807) is 0 Å². The number of benzene rings is 2. The number of halogens is 2. The van der Waals surface area contributed by atoms with Crippen molar-refractivity contribution in [2.75, 3.05) is 41.8 Å². The molecule has 1 saturated heterocycles. The monoisotopic (exact) mass is 462 g/mol. The van der Waals surface area contributed by atoms with Crippen LogP contribution < -0.4 is 15.1 Å². The van der Waals surface area contributed by atoms with E-state index in [9.17, 15) is 8.78 Å². The number of H-pyrrole nitrogens is 1. The zero-order valence-corrected chi connectivity index (χ0v) is 19.2. The Hall–Kier alpha value is -3.68. The Bertz CT molecular complexity index is 1280. The van der Waals surface area contributed by atoms with Crippen LogP contribution in [-0.2, 0) is 6.42 Å². The molecule has 1 fully saturated rings. The summed E-state index contributed by atoms with van der Waals surface area (Å²) in [6, 6.07) is 13.9. The lowest BCUT2D eigenvalue weighted by molar-refractivity contribution is 0.509. The molecule has 0 amide bonds. The van der Waals surface area contributed by atoms with Gasteiger partial charge in [0.05, 0.1) is 0 Å². The highest BCUT2D eigenvalue weighted by Crippen LogP contribution is 2.26. The molecule has 8 heteroatoms. The smallest absolute Gasteiger partial charge is 0.229 e. The van der Waals surface area contributed by atoms with Gasteiger partial charge in [0.15, 0.2) is 11.6 Å². The molecule has 2 N–H and O–H groups in total. The fourth-order valence-corrected chi connectivity index (χ4v) is 4.39. The second-order valence-corrected chi connectivity index (χ2v) is 8.74. The van der Waals surface area contributed by atoms with Crippen molar-refractivity contribution in [2.45, 2.75) is 25.7 Å². The van der Waals surface area contributed by atoms with Crippen LogP contribution in [0.5, 0.6) is 0 Å². The molecule has 0 unspecified atom stereocenters. The Morgan fingerprint density at radius 3 is 2.65 bits per heavy atom. The zero-order valence-electron chi connectivity index (χ0n) is 19.2. The summed E-state index contributed by atoms with van der Waals surface area (Å²) in [5.74, 6) is 0.212. The van der Waals surface area contributed by atoms with E-state index in [0.29, 0.717) is 17.5 Å². The number of para-hydroxylation sites is 1. The van der Waals surface area contributed by atoms with E-state index in [0.717, 1.165) is 62.4 Å². The van der Waals surface area contributed by atoms with Crippen molar-refractivity contribution < 1.29 is 8.78 Å². The molecule has 4 aromatic rings. The van der Waals surface area contributed by atoms with E-state index in [1.807, 2.05) is 30.1 Å². The van der Waals surface area contributed by atoms with Gasteiger partial charge < -0.3 is 20.1 Å². The lowest BCUT2D eigenvalue weighted by Crippen LogP contribution is -2.31. The van der Waals surface area contributed by atoms with Crippen LogP contribution in [0.1, 0.15) is 24.8 Å². The number of aromatic amines is 1. The molecule has 1 aliphatic heterocycles. The summed E-state index contributed by atoms with van der Waals surface area (Å²) in [7, 11) is 1.98. The highest BCUT2D eigenvalue weighted by Gasteiger charge is 2.17. The molecule has 2 aromatic carbocycles. The maximum absolute atomic E-state index is 13.7. The first-order valence-corrected chi connectivity index (χ1v) is 11.7. The molecule has 3 heterocycles. The molecule has 0 aliphatic carbocycles.